The Hall–Kier alpha value is -1.94. The minimum absolute atomic E-state index is 0.452. The zero-order valence-electron chi connectivity index (χ0n) is 10.4. The Balaban J connectivity index is 2.30. The second-order valence-electron chi connectivity index (χ2n) is 3.93. The maximum absolute atomic E-state index is 10.3. The third kappa shape index (κ3) is 2.49. The van der Waals surface area contributed by atoms with E-state index >= 15 is 0 Å². The maximum atomic E-state index is 10.3. The van der Waals surface area contributed by atoms with Gasteiger partial charge < -0.3 is 19.0 Å². The van der Waals surface area contributed by atoms with E-state index in [1.54, 1.807) is 38.9 Å². The van der Waals surface area contributed by atoms with E-state index < -0.39 is 6.10 Å². The van der Waals surface area contributed by atoms with Gasteiger partial charge in [0.25, 0.3) is 0 Å². The van der Waals surface area contributed by atoms with E-state index in [1.807, 2.05) is 12.1 Å². The SMILES string of the molecule is COc1cccc(OC)c1C(O)Cc1ccoc1. The summed E-state index contributed by atoms with van der Waals surface area (Å²) in [5, 5.41) is 10.3. The lowest BCUT2D eigenvalue weighted by atomic mass is 10.0. The molecule has 4 heteroatoms. The topological polar surface area (TPSA) is 51.8 Å². The molecule has 0 aliphatic rings. The van der Waals surface area contributed by atoms with Crippen LogP contribution in [-0.4, -0.2) is 19.3 Å². The van der Waals surface area contributed by atoms with E-state index in [2.05, 4.69) is 0 Å². The van der Waals surface area contributed by atoms with Gasteiger partial charge in [-0.3, -0.25) is 0 Å². The molecular weight excluding hydrogens is 232 g/mol. The van der Waals surface area contributed by atoms with Gasteiger partial charge in [0.2, 0.25) is 0 Å². The normalized spacial score (nSPS) is 12.2. The van der Waals surface area contributed by atoms with Gasteiger partial charge in [0.15, 0.2) is 0 Å². The van der Waals surface area contributed by atoms with Gasteiger partial charge in [-0.25, -0.2) is 0 Å². The van der Waals surface area contributed by atoms with Crippen molar-refractivity contribution in [3.8, 4) is 11.5 Å². The van der Waals surface area contributed by atoms with Crippen molar-refractivity contribution in [2.75, 3.05) is 14.2 Å². The highest BCUT2D eigenvalue weighted by Crippen LogP contribution is 2.35. The van der Waals surface area contributed by atoms with Gasteiger partial charge in [0.05, 0.1) is 38.4 Å². The summed E-state index contributed by atoms with van der Waals surface area (Å²) < 4.78 is 15.5. The summed E-state index contributed by atoms with van der Waals surface area (Å²) in [7, 11) is 3.14. The van der Waals surface area contributed by atoms with Crippen molar-refractivity contribution >= 4 is 0 Å². The summed E-state index contributed by atoms with van der Waals surface area (Å²) in [6.45, 7) is 0. The van der Waals surface area contributed by atoms with Crippen LogP contribution < -0.4 is 9.47 Å². The van der Waals surface area contributed by atoms with Gasteiger partial charge in [0.1, 0.15) is 11.5 Å². The predicted molar refractivity (Wildman–Crippen MR) is 66.9 cm³/mol. The summed E-state index contributed by atoms with van der Waals surface area (Å²) in [5.41, 5.74) is 1.58. The van der Waals surface area contributed by atoms with Crippen molar-refractivity contribution in [2.45, 2.75) is 12.5 Å². The molecule has 0 bridgehead atoms. The van der Waals surface area contributed by atoms with Gasteiger partial charge in [-0.2, -0.15) is 0 Å². The van der Waals surface area contributed by atoms with Crippen LogP contribution in [-0.2, 0) is 6.42 Å². The number of hydrogen-bond acceptors (Lipinski definition) is 4. The van der Waals surface area contributed by atoms with Crippen LogP contribution in [0.5, 0.6) is 11.5 Å². The van der Waals surface area contributed by atoms with Crippen molar-refractivity contribution < 1.29 is 19.0 Å². The maximum Gasteiger partial charge on any atom is 0.128 e. The highest BCUT2D eigenvalue weighted by atomic mass is 16.5. The summed E-state index contributed by atoms with van der Waals surface area (Å²) in [5.74, 6) is 1.23. The van der Waals surface area contributed by atoms with Crippen molar-refractivity contribution in [3.63, 3.8) is 0 Å². The van der Waals surface area contributed by atoms with E-state index in [4.69, 9.17) is 13.9 Å². The quantitative estimate of drug-likeness (QED) is 0.883. The second-order valence-corrected chi connectivity index (χ2v) is 3.93. The second kappa shape index (κ2) is 5.60. The largest absolute Gasteiger partial charge is 0.496 e. The van der Waals surface area contributed by atoms with Crippen LogP contribution in [0, 0.1) is 0 Å². The average Bonchev–Trinajstić information content (AvgIpc) is 2.90. The lowest BCUT2D eigenvalue weighted by molar-refractivity contribution is 0.169. The van der Waals surface area contributed by atoms with Crippen LogP contribution in [0.15, 0.2) is 41.2 Å². The molecule has 4 nitrogen and oxygen atoms in total. The zero-order chi connectivity index (χ0) is 13.0. The van der Waals surface area contributed by atoms with Crippen molar-refractivity contribution in [1.82, 2.24) is 0 Å². The summed E-state index contributed by atoms with van der Waals surface area (Å²) in [6, 6.07) is 7.25. The Morgan fingerprint density at radius 1 is 1.17 bits per heavy atom. The summed E-state index contributed by atoms with van der Waals surface area (Å²) in [6.07, 6.45) is 2.95. The Kier molecular flexibility index (Phi) is 3.89. The first-order valence-corrected chi connectivity index (χ1v) is 5.66. The molecule has 0 saturated heterocycles. The van der Waals surface area contributed by atoms with Gasteiger partial charge >= 0.3 is 0 Å². The molecule has 0 spiro atoms. The number of aliphatic hydroxyl groups is 1. The molecule has 1 N–H and O–H groups in total. The molecular formula is C14H16O4. The fourth-order valence-corrected chi connectivity index (χ4v) is 1.94. The van der Waals surface area contributed by atoms with Crippen molar-refractivity contribution in [2.24, 2.45) is 0 Å². The predicted octanol–water partition coefficient (Wildman–Crippen LogP) is 2.57. The van der Waals surface area contributed by atoms with E-state index in [1.165, 1.54) is 0 Å². The van der Waals surface area contributed by atoms with Crippen molar-refractivity contribution in [1.29, 1.82) is 0 Å². The smallest absolute Gasteiger partial charge is 0.128 e. The molecule has 1 atom stereocenters. The number of ether oxygens (including phenoxy) is 2. The molecule has 2 rings (SSSR count). The molecule has 0 radical (unpaired) electrons. The number of furan rings is 1. The molecule has 0 fully saturated rings. The molecule has 1 aromatic carbocycles. The first kappa shape index (κ1) is 12.5. The van der Waals surface area contributed by atoms with Crippen LogP contribution in [0.3, 0.4) is 0 Å². The number of methoxy groups -OCH3 is 2. The van der Waals surface area contributed by atoms with Crippen LogP contribution in [0.25, 0.3) is 0 Å². The lowest BCUT2D eigenvalue weighted by Gasteiger charge is -2.17. The molecule has 0 aliphatic heterocycles. The summed E-state index contributed by atoms with van der Waals surface area (Å²) >= 11 is 0. The molecule has 1 unspecified atom stereocenters. The first-order valence-electron chi connectivity index (χ1n) is 5.66. The number of hydrogen-bond donors (Lipinski definition) is 1. The first-order chi connectivity index (χ1) is 8.76. The van der Waals surface area contributed by atoms with Gasteiger partial charge in [-0.1, -0.05) is 6.07 Å². The van der Waals surface area contributed by atoms with Gasteiger partial charge in [-0.05, 0) is 23.8 Å². The third-order valence-electron chi connectivity index (χ3n) is 2.81. The zero-order valence-corrected chi connectivity index (χ0v) is 10.4. The Labute approximate surface area is 106 Å². The Bertz CT molecular complexity index is 468. The van der Waals surface area contributed by atoms with E-state index in [0.717, 1.165) is 5.56 Å². The fraction of sp³-hybridized carbons (Fsp3) is 0.286. The average molecular weight is 248 g/mol. The van der Waals surface area contributed by atoms with Crippen LogP contribution in [0.4, 0.5) is 0 Å². The van der Waals surface area contributed by atoms with Gasteiger partial charge in [-0.15, -0.1) is 0 Å². The molecule has 2 aromatic rings. The molecule has 18 heavy (non-hydrogen) atoms. The van der Waals surface area contributed by atoms with Crippen LogP contribution >= 0.6 is 0 Å². The monoisotopic (exact) mass is 248 g/mol. The number of benzene rings is 1. The molecule has 1 aromatic heterocycles. The molecule has 0 aliphatic carbocycles. The van der Waals surface area contributed by atoms with Crippen molar-refractivity contribution in [3.05, 3.63) is 47.9 Å². The standard InChI is InChI=1S/C14H16O4/c1-16-12-4-3-5-13(17-2)14(12)11(15)8-10-6-7-18-9-10/h3-7,9,11,15H,8H2,1-2H3. The number of aliphatic hydroxyl groups excluding tert-OH is 1. The van der Waals surface area contributed by atoms with Gasteiger partial charge in [0, 0.05) is 6.42 Å². The van der Waals surface area contributed by atoms with Crippen LogP contribution in [0.2, 0.25) is 0 Å². The third-order valence-corrected chi connectivity index (χ3v) is 2.81. The molecule has 0 saturated carbocycles. The Morgan fingerprint density at radius 3 is 2.33 bits per heavy atom. The minimum atomic E-state index is -0.700. The summed E-state index contributed by atoms with van der Waals surface area (Å²) in [4.78, 5) is 0. The van der Waals surface area contributed by atoms with E-state index in [9.17, 15) is 5.11 Å². The van der Waals surface area contributed by atoms with E-state index in [-0.39, 0.29) is 0 Å². The fourth-order valence-electron chi connectivity index (χ4n) is 1.94. The van der Waals surface area contributed by atoms with E-state index in [0.29, 0.717) is 23.5 Å². The Morgan fingerprint density at radius 2 is 1.83 bits per heavy atom. The highest BCUT2D eigenvalue weighted by molar-refractivity contribution is 5.46. The molecule has 1 heterocycles. The van der Waals surface area contributed by atoms with Crippen LogP contribution in [0.1, 0.15) is 17.2 Å². The lowest BCUT2D eigenvalue weighted by Crippen LogP contribution is -2.06. The molecule has 96 valence electrons. The number of rotatable bonds is 5. The highest BCUT2D eigenvalue weighted by Gasteiger charge is 2.19. The minimum Gasteiger partial charge on any atom is -0.496 e. The molecule has 0 amide bonds.